The molecule has 0 bridgehead atoms. The number of methoxy groups -OCH3 is 2. The highest BCUT2D eigenvalue weighted by atomic mass is 32.1. The molecule has 1 saturated heterocycles. The van der Waals surface area contributed by atoms with Gasteiger partial charge in [-0.3, -0.25) is 4.79 Å². The number of thiazole rings is 1. The van der Waals surface area contributed by atoms with Gasteiger partial charge in [-0.25, -0.2) is 9.97 Å². The first-order chi connectivity index (χ1) is 13.6. The van der Waals surface area contributed by atoms with Gasteiger partial charge in [-0.05, 0) is 6.07 Å². The molecule has 1 amide bonds. The molecule has 0 aliphatic carbocycles. The summed E-state index contributed by atoms with van der Waals surface area (Å²) in [6, 6.07) is 3.56. The Labute approximate surface area is 165 Å². The Bertz CT molecular complexity index is 1000. The maximum absolute atomic E-state index is 12.4. The van der Waals surface area contributed by atoms with Crippen LogP contribution in [0.3, 0.4) is 0 Å². The number of nitrogens with two attached hydrogens (primary N) is 1. The maximum atomic E-state index is 12.4. The lowest BCUT2D eigenvalue weighted by Gasteiger charge is -2.34. The van der Waals surface area contributed by atoms with Crippen molar-refractivity contribution >= 4 is 39.9 Å². The number of hydrogen-bond acceptors (Lipinski definition) is 9. The molecular formula is C18H20N6O3S. The second-order valence-corrected chi connectivity index (χ2v) is 7.00. The first-order valence-corrected chi connectivity index (χ1v) is 9.66. The maximum Gasteiger partial charge on any atom is 0.273 e. The molecule has 0 radical (unpaired) electrons. The van der Waals surface area contributed by atoms with Gasteiger partial charge in [-0.15, -0.1) is 11.3 Å². The van der Waals surface area contributed by atoms with Gasteiger partial charge in [-0.2, -0.15) is 4.98 Å². The molecule has 0 saturated carbocycles. The van der Waals surface area contributed by atoms with E-state index in [2.05, 4.69) is 15.0 Å². The molecule has 2 N–H and O–H groups in total. The Balaban J connectivity index is 1.56. The third kappa shape index (κ3) is 3.26. The van der Waals surface area contributed by atoms with Gasteiger partial charge in [0, 0.05) is 43.0 Å². The zero-order valence-electron chi connectivity index (χ0n) is 15.6. The average molecular weight is 400 g/mol. The van der Waals surface area contributed by atoms with E-state index in [4.69, 9.17) is 15.2 Å². The van der Waals surface area contributed by atoms with Crippen LogP contribution in [0.15, 0.2) is 23.0 Å². The van der Waals surface area contributed by atoms with Crippen LogP contribution in [0.2, 0.25) is 0 Å². The summed E-state index contributed by atoms with van der Waals surface area (Å²) >= 11 is 1.42. The number of piperazine rings is 1. The first kappa shape index (κ1) is 18.2. The van der Waals surface area contributed by atoms with Gasteiger partial charge in [0.05, 0.1) is 25.2 Å². The molecule has 0 spiro atoms. The summed E-state index contributed by atoms with van der Waals surface area (Å²) < 4.78 is 10.7. The molecule has 4 rings (SSSR count). The number of benzene rings is 1. The Morgan fingerprint density at radius 3 is 2.46 bits per heavy atom. The molecule has 146 valence electrons. The molecule has 10 heteroatoms. The summed E-state index contributed by atoms with van der Waals surface area (Å²) in [5.41, 5.74) is 9.01. The monoisotopic (exact) mass is 400 g/mol. The zero-order valence-corrected chi connectivity index (χ0v) is 16.4. The molecule has 3 heterocycles. The summed E-state index contributed by atoms with van der Waals surface area (Å²) in [6.07, 6.45) is 0. The fourth-order valence-electron chi connectivity index (χ4n) is 3.20. The number of carbonyl (C=O) groups excluding carboxylic acids is 1. The van der Waals surface area contributed by atoms with Gasteiger partial charge in [-0.1, -0.05) is 0 Å². The van der Waals surface area contributed by atoms with Crippen LogP contribution in [0.5, 0.6) is 11.5 Å². The Morgan fingerprint density at radius 2 is 1.82 bits per heavy atom. The number of ether oxygens (including phenoxy) is 2. The zero-order chi connectivity index (χ0) is 19.7. The van der Waals surface area contributed by atoms with E-state index in [1.165, 1.54) is 11.3 Å². The normalized spacial score (nSPS) is 14.4. The second-order valence-electron chi connectivity index (χ2n) is 6.29. The van der Waals surface area contributed by atoms with E-state index in [9.17, 15) is 4.79 Å². The minimum absolute atomic E-state index is 0.0447. The molecule has 1 aliphatic heterocycles. The van der Waals surface area contributed by atoms with Crippen molar-refractivity contribution in [2.45, 2.75) is 0 Å². The number of carbonyl (C=O) groups is 1. The lowest BCUT2D eigenvalue weighted by atomic mass is 10.2. The van der Waals surface area contributed by atoms with Gasteiger partial charge in [0.15, 0.2) is 11.5 Å². The van der Waals surface area contributed by atoms with E-state index in [1.807, 2.05) is 4.90 Å². The van der Waals surface area contributed by atoms with Crippen molar-refractivity contribution in [3.63, 3.8) is 0 Å². The number of anilines is 2. The van der Waals surface area contributed by atoms with Crippen LogP contribution in [0.4, 0.5) is 11.8 Å². The topological polar surface area (TPSA) is 107 Å². The Morgan fingerprint density at radius 1 is 1.11 bits per heavy atom. The van der Waals surface area contributed by atoms with Crippen molar-refractivity contribution in [1.29, 1.82) is 0 Å². The number of nitrogens with zero attached hydrogens (tertiary/aromatic N) is 5. The highest BCUT2D eigenvalue weighted by Gasteiger charge is 2.25. The van der Waals surface area contributed by atoms with Gasteiger partial charge in [0.1, 0.15) is 11.5 Å². The minimum atomic E-state index is -0.0447. The molecule has 28 heavy (non-hydrogen) atoms. The molecule has 1 fully saturated rings. The second kappa shape index (κ2) is 7.47. The smallest absolute Gasteiger partial charge is 0.273 e. The fraction of sp³-hybridized carbons (Fsp3) is 0.333. The van der Waals surface area contributed by atoms with Gasteiger partial charge in [0.2, 0.25) is 5.95 Å². The number of aromatic nitrogens is 3. The first-order valence-electron chi connectivity index (χ1n) is 8.72. The van der Waals surface area contributed by atoms with Crippen LogP contribution in [-0.2, 0) is 0 Å². The van der Waals surface area contributed by atoms with Gasteiger partial charge >= 0.3 is 0 Å². The molecule has 2 aromatic heterocycles. The Kier molecular flexibility index (Phi) is 4.86. The van der Waals surface area contributed by atoms with E-state index >= 15 is 0 Å². The summed E-state index contributed by atoms with van der Waals surface area (Å²) in [7, 11) is 3.15. The average Bonchev–Trinajstić information content (AvgIpc) is 3.27. The number of fused-ring (bicyclic) bond motifs is 1. The fourth-order valence-corrected chi connectivity index (χ4v) is 3.72. The van der Waals surface area contributed by atoms with E-state index in [-0.39, 0.29) is 5.91 Å². The van der Waals surface area contributed by atoms with E-state index in [0.29, 0.717) is 66.0 Å². The van der Waals surface area contributed by atoms with Crippen molar-refractivity contribution in [2.24, 2.45) is 0 Å². The molecule has 1 aliphatic rings. The van der Waals surface area contributed by atoms with Gasteiger partial charge in [0.25, 0.3) is 5.91 Å². The summed E-state index contributed by atoms with van der Waals surface area (Å²) in [5, 5.41) is 2.47. The number of amides is 1. The SMILES string of the molecule is COc1cc2nc(N3CCN(C(=O)c4cscn4)CC3)nc(N)c2cc1OC. The van der Waals surface area contributed by atoms with Crippen molar-refractivity contribution < 1.29 is 14.3 Å². The van der Waals surface area contributed by atoms with Crippen LogP contribution >= 0.6 is 11.3 Å². The number of hydrogen-bond donors (Lipinski definition) is 1. The van der Waals surface area contributed by atoms with E-state index in [1.54, 1.807) is 42.1 Å². The van der Waals surface area contributed by atoms with Crippen LogP contribution in [0.25, 0.3) is 10.9 Å². The molecule has 1 aromatic carbocycles. The predicted molar refractivity (Wildman–Crippen MR) is 107 cm³/mol. The van der Waals surface area contributed by atoms with Crippen molar-refractivity contribution in [3.8, 4) is 11.5 Å². The lowest BCUT2D eigenvalue weighted by molar-refractivity contribution is 0.0741. The third-order valence-corrected chi connectivity index (χ3v) is 5.31. The van der Waals surface area contributed by atoms with E-state index in [0.717, 1.165) is 0 Å². The van der Waals surface area contributed by atoms with Crippen molar-refractivity contribution in [3.05, 3.63) is 28.7 Å². The quantitative estimate of drug-likeness (QED) is 0.705. The predicted octanol–water partition coefficient (Wildman–Crippen LogP) is 1.65. The molecule has 0 unspecified atom stereocenters. The third-order valence-electron chi connectivity index (χ3n) is 4.72. The molecular weight excluding hydrogens is 380 g/mol. The van der Waals surface area contributed by atoms with Gasteiger partial charge < -0.3 is 25.0 Å². The minimum Gasteiger partial charge on any atom is -0.493 e. The summed E-state index contributed by atoms with van der Waals surface area (Å²) in [4.78, 5) is 29.5. The number of nitrogen functional groups attached to an aromatic ring is 1. The standard InChI is InChI=1S/C18H20N6O3S/c1-26-14-7-11-12(8-15(14)27-2)21-18(22-16(11)19)24-5-3-23(4-6-24)17(25)13-9-28-10-20-13/h7-10H,3-6H2,1-2H3,(H2,19,21,22). The van der Waals surface area contributed by atoms with Crippen molar-refractivity contribution in [2.75, 3.05) is 51.0 Å². The highest BCUT2D eigenvalue weighted by molar-refractivity contribution is 7.07. The Hall–Kier alpha value is -3.14. The van der Waals surface area contributed by atoms with Crippen LogP contribution < -0.4 is 20.1 Å². The lowest BCUT2D eigenvalue weighted by Crippen LogP contribution is -2.49. The number of rotatable bonds is 4. The van der Waals surface area contributed by atoms with Crippen molar-refractivity contribution in [1.82, 2.24) is 19.9 Å². The summed E-state index contributed by atoms with van der Waals surface area (Å²) in [6.45, 7) is 2.38. The van der Waals surface area contributed by atoms with Crippen LogP contribution in [-0.4, -0.2) is 66.2 Å². The largest absolute Gasteiger partial charge is 0.493 e. The molecule has 9 nitrogen and oxygen atoms in total. The summed E-state index contributed by atoms with van der Waals surface area (Å²) in [5.74, 6) is 2.03. The molecule has 0 atom stereocenters. The van der Waals surface area contributed by atoms with Crippen LogP contribution in [0, 0.1) is 0 Å². The molecule has 3 aromatic rings. The highest BCUT2D eigenvalue weighted by Crippen LogP contribution is 2.34. The van der Waals surface area contributed by atoms with E-state index < -0.39 is 0 Å². The van der Waals surface area contributed by atoms with Crippen LogP contribution in [0.1, 0.15) is 10.5 Å².